The van der Waals surface area contributed by atoms with E-state index < -0.39 is 0 Å². The smallest absolute Gasteiger partial charge is 0.121 e. The second-order valence-electron chi connectivity index (χ2n) is 3.55. The lowest BCUT2D eigenvalue weighted by Crippen LogP contribution is -2.24. The molecular formula is C12H18ClNO2. The molecule has 0 amide bonds. The van der Waals surface area contributed by atoms with Gasteiger partial charge in [0.25, 0.3) is 0 Å². The summed E-state index contributed by atoms with van der Waals surface area (Å²) in [5, 5.41) is 4.03. The Morgan fingerprint density at radius 3 is 2.69 bits per heavy atom. The van der Waals surface area contributed by atoms with Gasteiger partial charge in [-0.25, -0.2) is 0 Å². The van der Waals surface area contributed by atoms with Crippen molar-refractivity contribution in [2.24, 2.45) is 0 Å². The number of rotatable bonds is 6. The van der Waals surface area contributed by atoms with E-state index in [0.29, 0.717) is 11.6 Å². The zero-order chi connectivity index (χ0) is 12.0. The molecule has 3 nitrogen and oxygen atoms in total. The van der Waals surface area contributed by atoms with Gasteiger partial charge in [0.1, 0.15) is 5.75 Å². The molecule has 0 radical (unpaired) electrons. The molecule has 0 heterocycles. The first-order valence-electron chi connectivity index (χ1n) is 5.30. The molecule has 1 aromatic carbocycles. The molecule has 16 heavy (non-hydrogen) atoms. The number of benzene rings is 1. The topological polar surface area (TPSA) is 30.5 Å². The number of hydrogen-bond acceptors (Lipinski definition) is 3. The molecule has 1 atom stereocenters. The summed E-state index contributed by atoms with van der Waals surface area (Å²) in [6, 6.07) is 5.81. The van der Waals surface area contributed by atoms with Crippen molar-refractivity contribution in [3.8, 4) is 5.75 Å². The van der Waals surface area contributed by atoms with Crippen LogP contribution in [0.3, 0.4) is 0 Å². The molecule has 90 valence electrons. The maximum Gasteiger partial charge on any atom is 0.121 e. The van der Waals surface area contributed by atoms with Gasteiger partial charge in [0, 0.05) is 19.2 Å². The quantitative estimate of drug-likeness (QED) is 0.833. The van der Waals surface area contributed by atoms with Gasteiger partial charge < -0.3 is 14.8 Å². The van der Waals surface area contributed by atoms with E-state index in [-0.39, 0.29) is 6.04 Å². The van der Waals surface area contributed by atoms with E-state index in [1.807, 2.05) is 18.2 Å². The third-order valence-electron chi connectivity index (χ3n) is 2.39. The van der Waals surface area contributed by atoms with Crippen LogP contribution in [0.25, 0.3) is 0 Å². The van der Waals surface area contributed by atoms with E-state index in [9.17, 15) is 0 Å². The Morgan fingerprint density at radius 2 is 2.12 bits per heavy atom. The summed E-state index contributed by atoms with van der Waals surface area (Å²) in [6.45, 7) is 2.76. The van der Waals surface area contributed by atoms with Gasteiger partial charge in [0.2, 0.25) is 0 Å². The highest BCUT2D eigenvalue weighted by Crippen LogP contribution is 2.27. The van der Waals surface area contributed by atoms with E-state index in [1.54, 1.807) is 14.2 Å². The van der Waals surface area contributed by atoms with Crippen LogP contribution in [0.5, 0.6) is 5.75 Å². The van der Waals surface area contributed by atoms with Crippen LogP contribution in [0.15, 0.2) is 18.2 Å². The van der Waals surface area contributed by atoms with Crippen molar-refractivity contribution in [2.75, 3.05) is 26.1 Å². The first-order valence-corrected chi connectivity index (χ1v) is 5.68. The van der Waals surface area contributed by atoms with Crippen LogP contribution >= 0.6 is 11.6 Å². The fourth-order valence-corrected chi connectivity index (χ4v) is 1.60. The van der Waals surface area contributed by atoms with E-state index in [1.165, 1.54) is 0 Å². The first kappa shape index (κ1) is 13.1. The molecule has 1 unspecified atom stereocenters. The van der Waals surface area contributed by atoms with Crippen LogP contribution in [-0.2, 0) is 4.74 Å². The molecule has 0 saturated carbocycles. The van der Waals surface area contributed by atoms with Crippen LogP contribution in [0.4, 0.5) is 5.69 Å². The average molecular weight is 244 g/mol. The Bertz CT molecular complexity index is 331. The minimum atomic E-state index is 0.259. The molecule has 0 aliphatic carbocycles. The zero-order valence-corrected chi connectivity index (χ0v) is 10.7. The minimum absolute atomic E-state index is 0.259. The zero-order valence-electron chi connectivity index (χ0n) is 9.92. The Balaban J connectivity index is 2.77. The van der Waals surface area contributed by atoms with E-state index in [4.69, 9.17) is 21.1 Å². The Kier molecular flexibility index (Phi) is 5.43. The van der Waals surface area contributed by atoms with E-state index in [0.717, 1.165) is 17.9 Å². The third kappa shape index (κ3) is 3.58. The number of methoxy groups -OCH3 is 2. The van der Waals surface area contributed by atoms with Crippen molar-refractivity contribution < 1.29 is 9.47 Å². The molecule has 0 saturated heterocycles. The lowest BCUT2D eigenvalue weighted by Gasteiger charge is -2.18. The van der Waals surface area contributed by atoms with E-state index in [2.05, 4.69) is 12.2 Å². The Morgan fingerprint density at radius 1 is 1.38 bits per heavy atom. The normalized spacial score (nSPS) is 12.2. The van der Waals surface area contributed by atoms with Crippen molar-refractivity contribution in [3.63, 3.8) is 0 Å². The second kappa shape index (κ2) is 6.61. The van der Waals surface area contributed by atoms with Crippen molar-refractivity contribution in [1.82, 2.24) is 0 Å². The molecule has 0 bridgehead atoms. The number of halogens is 1. The predicted molar refractivity (Wildman–Crippen MR) is 67.6 cm³/mol. The third-order valence-corrected chi connectivity index (χ3v) is 2.72. The molecule has 1 aromatic rings. The van der Waals surface area contributed by atoms with Crippen LogP contribution in [0.1, 0.15) is 13.3 Å². The van der Waals surface area contributed by atoms with Crippen LogP contribution in [0, 0.1) is 0 Å². The molecule has 1 rings (SSSR count). The summed E-state index contributed by atoms with van der Waals surface area (Å²) in [7, 11) is 3.33. The van der Waals surface area contributed by atoms with Crippen LogP contribution in [0.2, 0.25) is 5.02 Å². The maximum atomic E-state index is 6.10. The van der Waals surface area contributed by atoms with Crippen LogP contribution < -0.4 is 10.1 Å². The lowest BCUT2D eigenvalue weighted by atomic mass is 10.2. The van der Waals surface area contributed by atoms with Crippen molar-refractivity contribution in [2.45, 2.75) is 19.4 Å². The fourth-order valence-electron chi connectivity index (χ4n) is 1.42. The summed E-state index contributed by atoms with van der Waals surface area (Å²) < 4.78 is 10.3. The standard InChI is InChI=1S/C12H18ClNO2/c1-4-9(8-15-2)14-12-7-10(16-3)5-6-11(12)13/h5-7,9,14H,4,8H2,1-3H3. The highest BCUT2D eigenvalue weighted by atomic mass is 35.5. The van der Waals surface area contributed by atoms with Gasteiger partial charge in [0.15, 0.2) is 0 Å². The molecule has 0 spiro atoms. The minimum Gasteiger partial charge on any atom is -0.497 e. The highest BCUT2D eigenvalue weighted by molar-refractivity contribution is 6.33. The van der Waals surface area contributed by atoms with Crippen molar-refractivity contribution >= 4 is 17.3 Å². The first-order chi connectivity index (χ1) is 7.71. The van der Waals surface area contributed by atoms with Gasteiger partial charge in [-0.15, -0.1) is 0 Å². The van der Waals surface area contributed by atoms with Gasteiger partial charge in [-0.05, 0) is 18.6 Å². The highest BCUT2D eigenvalue weighted by Gasteiger charge is 2.08. The predicted octanol–water partition coefficient (Wildman–Crippen LogP) is 3.19. The number of ether oxygens (including phenoxy) is 2. The average Bonchev–Trinajstić information content (AvgIpc) is 2.31. The lowest BCUT2D eigenvalue weighted by molar-refractivity contribution is 0.184. The molecule has 0 aliphatic heterocycles. The molecule has 0 aromatic heterocycles. The summed E-state index contributed by atoms with van der Waals surface area (Å²) in [6.07, 6.45) is 0.974. The molecule has 0 aliphatic rings. The fraction of sp³-hybridized carbons (Fsp3) is 0.500. The summed E-state index contributed by atoms with van der Waals surface area (Å²) in [4.78, 5) is 0. The second-order valence-corrected chi connectivity index (χ2v) is 3.96. The molecule has 4 heteroatoms. The van der Waals surface area contributed by atoms with Gasteiger partial charge in [-0.1, -0.05) is 18.5 Å². The molecule has 0 fully saturated rings. The molecule has 1 N–H and O–H groups in total. The molecular weight excluding hydrogens is 226 g/mol. The maximum absolute atomic E-state index is 6.10. The monoisotopic (exact) mass is 243 g/mol. The SMILES string of the molecule is CCC(COC)Nc1cc(OC)ccc1Cl. The van der Waals surface area contributed by atoms with Gasteiger partial charge in [-0.2, -0.15) is 0 Å². The van der Waals surface area contributed by atoms with Crippen LogP contribution in [-0.4, -0.2) is 26.9 Å². The van der Waals surface area contributed by atoms with Gasteiger partial charge in [0.05, 0.1) is 24.4 Å². The summed E-state index contributed by atoms with van der Waals surface area (Å²) >= 11 is 6.10. The largest absolute Gasteiger partial charge is 0.497 e. The number of hydrogen-bond donors (Lipinski definition) is 1. The summed E-state index contributed by atoms with van der Waals surface area (Å²) in [5.74, 6) is 0.791. The number of nitrogens with one attached hydrogen (secondary N) is 1. The Labute approximate surface area is 102 Å². The Hall–Kier alpha value is -0.930. The van der Waals surface area contributed by atoms with Gasteiger partial charge in [-0.3, -0.25) is 0 Å². The van der Waals surface area contributed by atoms with Crippen molar-refractivity contribution in [1.29, 1.82) is 0 Å². The van der Waals surface area contributed by atoms with Gasteiger partial charge >= 0.3 is 0 Å². The number of anilines is 1. The summed E-state index contributed by atoms with van der Waals surface area (Å²) in [5.41, 5.74) is 0.880. The van der Waals surface area contributed by atoms with Crippen molar-refractivity contribution in [3.05, 3.63) is 23.2 Å². The van der Waals surface area contributed by atoms with E-state index >= 15 is 0 Å².